The molecule has 0 aliphatic carbocycles. The minimum Gasteiger partial charge on any atom is -0.494 e. The second kappa shape index (κ2) is 7.52. The van der Waals surface area contributed by atoms with Gasteiger partial charge < -0.3 is 10.1 Å². The van der Waals surface area contributed by atoms with E-state index in [0.29, 0.717) is 23.5 Å². The Bertz CT molecular complexity index is 897. The van der Waals surface area contributed by atoms with E-state index in [1.165, 1.54) is 0 Å². The van der Waals surface area contributed by atoms with E-state index in [-0.39, 0.29) is 12.3 Å². The smallest absolute Gasteiger partial charge is 0.325 e. The summed E-state index contributed by atoms with van der Waals surface area (Å²) in [4.78, 5) is 38.8. The van der Waals surface area contributed by atoms with Crippen LogP contribution in [-0.2, 0) is 10.3 Å². The molecule has 27 heavy (non-hydrogen) atoms. The van der Waals surface area contributed by atoms with Crippen LogP contribution in [0.4, 0.5) is 4.79 Å². The molecule has 3 rings (SSSR count). The summed E-state index contributed by atoms with van der Waals surface area (Å²) in [6, 6.07) is 13.2. The number of hydrogen-bond donors (Lipinski definition) is 1. The highest BCUT2D eigenvalue weighted by atomic mass is 79.9. The van der Waals surface area contributed by atoms with Gasteiger partial charge in [-0.3, -0.25) is 14.5 Å². The van der Waals surface area contributed by atoms with Crippen molar-refractivity contribution in [1.82, 2.24) is 10.2 Å². The lowest BCUT2D eigenvalue weighted by atomic mass is 9.92. The third kappa shape index (κ3) is 3.73. The number of nitrogens with one attached hydrogen (secondary N) is 1. The average molecular weight is 431 g/mol. The van der Waals surface area contributed by atoms with Crippen molar-refractivity contribution in [3.05, 3.63) is 64.1 Å². The number of nitrogens with zero attached hydrogens (tertiary/aromatic N) is 1. The molecule has 3 amide bonds. The number of carbonyl (C=O) groups excluding carboxylic acids is 3. The van der Waals surface area contributed by atoms with E-state index in [0.717, 1.165) is 9.37 Å². The van der Waals surface area contributed by atoms with Crippen LogP contribution in [0.25, 0.3) is 0 Å². The number of imide groups is 1. The molecule has 1 aliphatic rings. The Hall–Kier alpha value is -2.67. The molecule has 7 heteroatoms. The molecule has 0 spiro atoms. The normalized spacial score (nSPS) is 19.1. The third-order valence-electron chi connectivity index (χ3n) is 4.47. The minimum absolute atomic E-state index is 0.317. The summed E-state index contributed by atoms with van der Waals surface area (Å²) < 4.78 is 6.15. The minimum atomic E-state index is -1.21. The van der Waals surface area contributed by atoms with Crippen molar-refractivity contribution >= 4 is 33.7 Å². The molecular weight excluding hydrogens is 412 g/mol. The summed E-state index contributed by atoms with van der Waals surface area (Å²) in [5.74, 6) is -0.115. The monoisotopic (exact) mass is 430 g/mol. The van der Waals surface area contributed by atoms with Gasteiger partial charge in [-0.1, -0.05) is 28.1 Å². The summed E-state index contributed by atoms with van der Waals surface area (Å²) in [5.41, 5.74) is -0.152. The Labute approximate surface area is 165 Å². The highest BCUT2D eigenvalue weighted by Crippen LogP contribution is 2.30. The Morgan fingerprint density at radius 2 is 1.89 bits per heavy atom. The molecule has 1 N–H and O–H groups in total. The van der Waals surface area contributed by atoms with Crippen molar-refractivity contribution in [2.75, 3.05) is 13.2 Å². The van der Waals surface area contributed by atoms with Crippen molar-refractivity contribution in [3.63, 3.8) is 0 Å². The summed E-state index contributed by atoms with van der Waals surface area (Å²) >= 11 is 3.37. The maximum atomic E-state index is 12.9. The zero-order chi connectivity index (χ0) is 19.6. The second-order valence-electron chi connectivity index (χ2n) is 6.34. The summed E-state index contributed by atoms with van der Waals surface area (Å²) in [6.45, 7) is 3.72. The Balaban J connectivity index is 1.78. The fraction of sp³-hybridized carbons (Fsp3) is 0.250. The highest BCUT2D eigenvalue weighted by Gasteiger charge is 2.49. The van der Waals surface area contributed by atoms with Gasteiger partial charge in [0.1, 0.15) is 11.3 Å². The van der Waals surface area contributed by atoms with Crippen molar-refractivity contribution < 1.29 is 19.1 Å². The van der Waals surface area contributed by atoms with Gasteiger partial charge in [-0.05, 0) is 55.8 Å². The number of hydrogen-bond acceptors (Lipinski definition) is 4. The molecule has 0 aromatic heterocycles. The summed E-state index contributed by atoms with van der Waals surface area (Å²) in [5, 5.41) is 2.70. The number of urea groups is 1. The molecule has 1 aliphatic heterocycles. The van der Waals surface area contributed by atoms with Gasteiger partial charge in [0, 0.05) is 10.0 Å². The van der Waals surface area contributed by atoms with Crippen LogP contribution < -0.4 is 10.1 Å². The van der Waals surface area contributed by atoms with Crippen LogP contribution in [0.5, 0.6) is 5.75 Å². The van der Waals surface area contributed by atoms with Crippen molar-refractivity contribution in [2.24, 2.45) is 0 Å². The van der Waals surface area contributed by atoms with E-state index >= 15 is 0 Å². The lowest BCUT2D eigenvalue weighted by molar-refractivity contribution is -0.130. The van der Waals surface area contributed by atoms with Gasteiger partial charge >= 0.3 is 6.03 Å². The van der Waals surface area contributed by atoms with E-state index < -0.39 is 17.5 Å². The van der Waals surface area contributed by atoms with Crippen molar-refractivity contribution in [3.8, 4) is 5.75 Å². The molecule has 2 aromatic carbocycles. The number of ketones is 1. The molecule has 0 radical (unpaired) electrons. The summed E-state index contributed by atoms with van der Waals surface area (Å²) in [6.07, 6.45) is 0. The van der Waals surface area contributed by atoms with Crippen LogP contribution in [-0.4, -0.2) is 35.8 Å². The lowest BCUT2D eigenvalue weighted by Gasteiger charge is -2.22. The fourth-order valence-corrected chi connectivity index (χ4v) is 3.37. The Kier molecular flexibility index (Phi) is 5.32. The quantitative estimate of drug-likeness (QED) is 0.561. The fourth-order valence-electron chi connectivity index (χ4n) is 2.97. The van der Waals surface area contributed by atoms with Crippen LogP contribution in [0, 0.1) is 0 Å². The number of benzene rings is 2. The number of halogens is 1. The van der Waals surface area contributed by atoms with Gasteiger partial charge in [-0.2, -0.15) is 0 Å². The van der Waals surface area contributed by atoms with E-state index in [9.17, 15) is 14.4 Å². The zero-order valence-corrected chi connectivity index (χ0v) is 16.6. The predicted octanol–water partition coefficient (Wildman–Crippen LogP) is 3.50. The number of Topliss-reactive ketones (excluding diaryl/α,β-unsaturated/α-hetero) is 1. The van der Waals surface area contributed by atoms with Gasteiger partial charge in [-0.15, -0.1) is 0 Å². The lowest BCUT2D eigenvalue weighted by Crippen LogP contribution is -2.41. The van der Waals surface area contributed by atoms with Gasteiger partial charge in [-0.25, -0.2) is 4.79 Å². The number of rotatable bonds is 6. The predicted molar refractivity (Wildman–Crippen MR) is 104 cm³/mol. The van der Waals surface area contributed by atoms with Gasteiger partial charge in [0.05, 0.1) is 13.2 Å². The van der Waals surface area contributed by atoms with Crippen molar-refractivity contribution in [2.45, 2.75) is 19.4 Å². The number of amides is 3. The molecule has 6 nitrogen and oxygen atoms in total. The molecule has 2 aromatic rings. The first-order valence-electron chi connectivity index (χ1n) is 8.51. The molecule has 0 bridgehead atoms. The first-order valence-corrected chi connectivity index (χ1v) is 9.30. The van der Waals surface area contributed by atoms with Crippen LogP contribution in [0.2, 0.25) is 0 Å². The average Bonchev–Trinajstić information content (AvgIpc) is 2.87. The van der Waals surface area contributed by atoms with Crippen LogP contribution in [0.1, 0.15) is 29.8 Å². The van der Waals surface area contributed by atoms with Crippen molar-refractivity contribution in [1.29, 1.82) is 0 Å². The molecule has 0 saturated carbocycles. The first kappa shape index (κ1) is 19.1. The third-order valence-corrected chi connectivity index (χ3v) is 4.96. The molecule has 1 heterocycles. The highest BCUT2D eigenvalue weighted by molar-refractivity contribution is 9.10. The molecule has 140 valence electrons. The number of ether oxygens (including phenoxy) is 1. The maximum absolute atomic E-state index is 12.9. The SMILES string of the molecule is CCOc1ccc(C(=O)CN2C(=O)NC(C)(c3cccc(Br)c3)C2=O)cc1. The Morgan fingerprint density at radius 3 is 2.52 bits per heavy atom. The van der Waals surface area contributed by atoms with Crippen LogP contribution >= 0.6 is 15.9 Å². The Morgan fingerprint density at radius 1 is 1.19 bits per heavy atom. The van der Waals surface area contributed by atoms with E-state index in [1.807, 2.05) is 13.0 Å². The van der Waals surface area contributed by atoms with E-state index in [1.54, 1.807) is 49.4 Å². The molecule has 1 atom stereocenters. The second-order valence-corrected chi connectivity index (χ2v) is 7.25. The molecule has 1 saturated heterocycles. The van der Waals surface area contributed by atoms with Gasteiger partial charge in [0.25, 0.3) is 5.91 Å². The number of carbonyl (C=O) groups is 3. The largest absolute Gasteiger partial charge is 0.494 e. The maximum Gasteiger partial charge on any atom is 0.325 e. The topological polar surface area (TPSA) is 75.7 Å². The standard InChI is InChI=1S/C20H19BrN2O4/c1-3-27-16-9-7-13(8-10-16)17(24)12-23-18(25)20(2,22-19(23)26)14-5-4-6-15(21)11-14/h4-11H,3,12H2,1-2H3,(H,22,26). The van der Waals surface area contributed by atoms with Gasteiger partial charge in [0.2, 0.25) is 0 Å². The molecule has 1 unspecified atom stereocenters. The summed E-state index contributed by atoms with van der Waals surface area (Å²) in [7, 11) is 0. The van der Waals surface area contributed by atoms with E-state index in [2.05, 4.69) is 21.2 Å². The molecular formula is C20H19BrN2O4. The van der Waals surface area contributed by atoms with Gasteiger partial charge in [0.15, 0.2) is 5.78 Å². The van der Waals surface area contributed by atoms with Crippen LogP contribution in [0.15, 0.2) is 53.0 Å². The first-order chi connectivity index (χ1) is 12.8. The zero-order valence-electron chi connectivity index (χ0n) is 15.0. The molecule has 1 fully saturated rings. The van der Waals surface area contributed by atoms with Crippen LogP contribution in [0.3, 0.4) is 0 Å². The van der Waals surface area contributed by atoms with E-state index in [4.69, 9.17) is 4.74 Å².